The van der Waals surface area contributed by atoms with Gasteiger partial charge in [0, 0.05) is 31.9 Å². The number of rotatable bonds is 8. The summed E-state index contributed by atoms with van der Waals surface area (Å²) in [7, 11) is 0. The van der Waals surface area contributed by atoms with E-state index >= 15 is 0 Å². The van der Waals surface area contributed by atoms with Crippen molar-refractivity contribution in [2.75, 3.05) is 13.1 Å². The SMILES string of the molecule is CC(C)([CH]c1nccn1Cc1ccccc1)C(=O)NC[C@H](F)CN. The van der Waals surface area contributed by atoms with E-state index in [-0.39, 0.29) is 19.0 Å². The Bertz CT molecular complexity index is 654. The molecular formula is C18H24FN4O. The maximum absolute atomic E-state index is 13.2. The average molecular weight is 331 g/mol. The number of nitrogens with two attached hydrogens (primary N) is 1. The molecule has 1 radical (unpaired) electrons. The van der Waals surface area contributed by atoms with Crippen LogP contribution in [-0.4, -0.2) is 34.7 Å². The van der Waals surface area contributed by atoms with Crippen LogP contribution in [0.2, 0.25) is 0 Å². The van der Waals surface area contributed by atoms with Gasteiger partial charge in [-0.25, -0.2) is 9.37 Å². The van der Waals surface area contributed by atoms with E-state index in [0.717, 1.165) is 5.56 Å². The molecule has 0 aliphatic carbocycles. The molecule has 1 atom stereocenters. The molecule has 129 valence electrons. The Morgan fingerprint density at radius 1 is 1.42 bits per heavy atom. The van der Waals surface area contributed by atoms with Gasteiger partial charge in [0.25, 0.3) is 0 Å². The van der Waals surface area contributed by atoms with Gasteiger partial charge in [-0.15, -0.1) is 0 Å². The molecule has 1 aromatic heterocycles. The van der Waals surface area contributed by atoms with Gasteiger partial charge < -0.3 is 15.6 Å². The Morgan fingerprint density at radius 3 is 2.79 bits per heavy atom. The smallest absolute Gasteiger partial charge is 0.226 e. The van der Waals surface area contributed by atoms with Crippen LogP contribution in [0.3, 0.4) is 0 Å². The van der Waals surface area contributed by atoms with Crippen LogP contribution in [0.1, 0.15) is 25.2 Å². The summed E-state index contributed by atoms with van der Waals surface area (Å²) < 4.78 is 15.2. The Balaban J connectivity index is 2.02. The maximum Gasteiger partial charge on any atom is 0.226 e. The van der Waals surface area contributed by atoms with E-state index in [1.165, 1.54) is 0 Å². The molecule has 1 amide bonds. The minimum absolute atomic E-state index is 0.0783. The second-order valence-corrected chi connectivity index (χ2v) is 6.31. The molecule has 0 aliphatic rings. The van der Waals surface area contributed by atoms with Crippen molar-refractivity contribution in [2.45, 2.75) is 26.6 Å². The van der Waals surface area contributed by atoms with Gasteiger partial charge in [0.15, 0.2) is 0 Å². The summed E-state index contributed by atoms with van der Waals surface area (Å²) in [6.07, 6.45) is 4.14. The van der Waals surface area contributed by atoms with E-state index in [1.807, 2.05) is 41.1 Å². The second kappa shape index (κ2) is 8.06. The van der Waals surface area contributed by atoms with E-state index in [4.69, 9.17) is 5.73 Å². The van der Waals surface area contributed by atoms with Gasteiger partial charge in [0.1, 0.15) is 12.0 Å². The summed E-state index contributed by atoms with van der Waals surface area (Å²) in [6, 6.07) is 10.0. The van der Waals surface area contributed by atoms with Crippen LogP contribution in [0.5, 0.6) is 0 Å². The van der Waals surface area contributed by atoms with Crippen LogP contribution >= 0.6 is 0 Å². The third-order valence-corrected chi connectivity index (χ3v) is 3.76. The number of benzene rings is 1. The number of imidazole rings is 1. The van der Waals surface area contributed by atoms with Gasteiger partial charge in [-0.2, -0.15) is 0 Å². The number of hydrogen-bond donors (Lipinski definition) is 2. The number of carbonyl (C=O) groups is 1. The van der Waals surface area contributed by atoms with Crippen molar-refractivity contribution in [1.29, 1.82) is 0 Å². The van der Waals surface area contributed by atoms with Gasteiger partial charge in [-0.3, -0.25) is 4.79 Å². The number of nitrogens with one attached hydrogen (secondary N) is 1. The second-order valence-electron chi connectivity index (χ2n) is 6.31. The highest BCUT2D eigenvalue weighted by Crippen LogP contribution is 2.24. The monoisotopic (exact) mass is 331 g/mol. The summed E-state index contributed by atoms with van der Waals surface area (Å²) in [5, 5.41) is 2.59. The molecule has 2 rings (SSSR count). The number of amides is 1. The molecule has 0 bridgehead atoms. The predicted molar refractivity (Wildman–Crippen MR) is 91.9 cm³/mol. The molecule has 1 aromatic carbocycles. The minimum atomic E-state index is -1.23. The Labute approximate surface area is 142 Å². The predicted octanol–water partition coefficient (Wildman–Crippen LogP) is 1.92. The highest BCUT2D eigenvalue weighted by Gasteiger charge is 2.30. The molecule has 0 saturated heterocycles. The first-order valence-corrected chi connectivity index (χ1v) is 7.96. The van der Waals surface area contributed by atoms with E-state index in [2.05, 4.69) is 10.3 Å². The quantitative estimate of drug-likeness (QED) is 0.776. The topological polar surface area (TPSA) is 72.9 Å². The molecule has 3 N–H and O–H groups in total. The fraction of sp³-hybridized carbons (Fsp3) is 0.389. The molecule has 6 heteroatoms. The zero-order valence-corrected chi connectivity index (χ0v) is 14.1. The molecule has 24 heavy (non-hydrogen) atoms. The lowest BCUT2D eigenvalue weighted by atomic mass is 9.87. The molecule has 0 spiro atoms. The van der Waals surface area contributed by atoms with E-state index in [9.17, 15) is 9.18 Å². The van der Waals surface area contributed by atoms with Crippen molar-refractivity contribution in [1.82, 2.24) is 14.9 Å². The van der Waals surface area contributed by atoms with Crippen LogP contribution in [0.15, 0.2) is 42.7 Å². The van der Waals surface area contributed by atoms with Gasteiger partial charge in [0.05, 0.1) is 12.0 Å². The molecule has 0 aliphatic heterocycles. The lowest BCUT2D eigenvalue weighted by molar-refractivity contribution is -0.127. The minimum Gasteiger partial charge on any atom is -0.353 e. The third-order valence-electron chi connectivity index (χ3n) is 3.76. The normalized spacial score (nSPS) is 12.8. The largest absolute Gasteiger partial charge is 0.353 e. The number of aromatic nitrogens is 2. The van der Waals surface area contributed by atoms with E-state index < -0.39 is 11.6 Å². The number of nitrogens with zero attached hydrogens (tertiary/aromatic N) is 2. The average Bonchev–Trinajstić information content (AvgIpc) is 2.99. The van der Waals surface area contributed by atoms with Crippen LogP contribution in [0.25, 0.3) is 0 Å². The molecule has 5 nitrogen and oxygen atoms in total. The molecule has 2 aromatic rings. The van der Waals surface area contributed by atoms with E-state index in [1.54, 1.807) is 26.5 Å². The summed E-state index contributed by atoms with van der Waals surface area (Å²) in [6.45, 7) is 4.04. The summed E-state index contributed by atoms with van der Waals surface area (Å²) >= 11 is 0. The third kappa shape index (κ3) is 4.89. The number of hydrogen-bond acceptors (Lipinski definition) is 3. The van der Waals surface area contributed by atoms with Crippen molar-refractivity contribution >= 4 is 5.91 Å². The van der Waals surface area contributed by atoms with Crippen molar-refractivity contribution in [2.24, 2.45) is 11.1 Å². The first-order valence-electron chi connectivity index (χ1n) is 7.96. The fourth-order valence-electron chi connectivity index (χ4n) is 2.28. The van der Waals surface area contributed by atoms with Crippen LogP contribution in [-0.2, 0) is 11.3 Å². The first-order chi connectivity index (χ1) is 11.4. The van der Waals surface area contributed by atoms with E-state index in [0.29, 0.717) is 12.4 Å². The number of carbonyl (C=O) groups excluding carboxylic acids is 1. The highest BCUT2D eigenvalue weighted by molar-refractivity contribution is 5.83. The van der Waals surface area contributed by atoms with Crippen LogP contribution in [0, 0.1) is 11.8 Å². The van der Waals surface area contributed by atoms with Gasteiger partial charge in [0.2, 0.25) is 5.91 Å². The fourth-order valence-corrected chi connectivity index (χ4v) is 2.28. The zero-order chi connectivity index (χ0) is 17.6. The Kier molecular flexibility index (Phi) is 6.09. The Morgan fingerprint density at radius 2 is 2.12 bits per heavy atom. The first kappa shape index (κ1) is 18.1. The molecule has 0 saturated carbocycles. The standard InChI is InChI=1S/C18H24FN4O/c1-18(2,17(24)22-12-15(19)11-20)10-16-21-8-9-23(16)13-14-6-4-3-5-7-14/h3-10,15H,11-13,20H2,1-2H3,(H,22,24)/t15-/m1/s1. The number of halogens is 1. The van der Waals surface area contributed by atoms with Crippen molar-refractivity contribution in [3.63, 3.8) is 0 Å². The number of alkyl halides is 1. The maximum atomic E-state index is 13.2. The Hall–Kier alpha value is -2.21. The molecule has 0 unspecified atom stereocenters. The van der Waals surface area contributed by atoms with Gasteiger partial charge in [-0.1, -0.05) is 44.2 Å². The van der Waals surface area contributed by atoms with Crippen molar-refractivity contribution in [3.05, 3.63) is 60.5 Å². The zero-order valence-electron chi connectivity index (χ0n) is 14.1. The van der Waals surface area contributed by atoms with Crippen molar-refractivity contribution < 1.29 is 9.18 Å². The highest BCUT2D eigenvalue weighted by atomic mass is 19.1. The summed E-state index contributed by atoms with van der Waals surface area (Å²) in [5.41, 5.74) is 5.56. The van der Waals surface area contributed by atoms with Gasteiger partial charge in [-0.05, 0) is 5.56 Å². The lowest BCUT2D eigenvalue weighted by Gasteiger charge is -2.23. The van der Waals surface area contributed by atoms with Crippen LogP contribution < -0.4 is 11.1 Å². The molecule has 1 heterocycles. The molecule has 0 fully saturated rings. The lowest BCUT2D eigenvalue weighted by Crippen LogP contribution is -2.42. The summed E-state index contributed by atoms with van der Waals surface area (Å²) in [4.78, 5) is 16.6. The molecular weight excluding hydrogens is 307 g/mol. The van der Waals surface area contributed by atoms with Gasteiger partial charge >= 0.3 is 0 Å². The van der Waals surface area contributed by atoms with Crippen LogP contribution in [0.4, 0.5) is 4.39 Å². The van der Waals surface area contributed by atoms with Crippen molar-refractivity contribution in [3.8, 4) is 0 Å². The summed E-state index contributed by atoms with van der Waals surface area (Å²) in [5.74, 6) is 0.447.